The van der Waals surface area contributed by atoms with Crippen LogP contribution in [0.15, 0.2) is 24.3 Å². The lowest BCUT2D eigenvalue weighted by atomic mass is 10.1. The number of aromatic hydroxyl groups is 1. The molecule has 0 atom stereocenters. The number of phenols is 1. The molecule has 0 aliphatic carbocycles. The monoisotopic (exact) mass is 277 g/mol. The fourth-order valence-electron chi connectivity index (χ4n) is 1.57. The summed E-state index contributed by atoms with van der Waals surface area (Å²) in [4.78, 5) is 11.4. The number of benzene rings is 1. The summed E-state index contributed by atoms with van der Waals surface area (Å²) in [5.74, 6) is 0.300. The van der Waals surface area contributed by atoms with Gasteiger partial charge in [-0.05, 0) is 57.4 Å². The molecule has 0 bridgehead atoms. The lowest BCUT2D eigenvalue weighted by molar-refractivity contribution is 0.0529. The Morgan fingerprint density at radius 2 is 2.10 bits per heavy atom. The number of aryl methyl sites for hydroxylation is 1. The van der Waals surface area contributed by atoms with Gasteiger partial charge in [-0.15, -0.1) is 0 Å². The summed E-state index contributed by atoms with van der Waals surface area (Å²) in [5.41, 5.74) is 1.40. The zero-order valence-corrected chi connectivity index (χ0v) is 12.6. The van der Waals surface area contributed by atoms with Crippen LogP contribution < -0.4 is 5.32 Å². The molecule has 0 radical (unpaired) electrons. The predicted octanol–water partition coefficient (Wildman–Crippen LogP) is 3.63. The highest BCUT2D eigenvalue weighted by atomic mass is 16.6. The molecule has 0 saturated heterocycles. The molecule has 1 aromatic rings. The number of phenolic OH excluding ortho intramolecular Hbond substituents is 1. The van der Waals surface area contributed by atoms with Crippen LogP contribution in [0.2, 0.25) is 0 Å². The average Bonchev–Trinajstić information content (AvgIpc) is 2.31. The van der Waals surface area contributed by atoms with Crippen molar-refractivity contribution < 1.29 is 14.6 Å². The van der Waals surface area contributed by atoms with Crippen molar-refractivity contribution in [3.05, 3.63) is 35.4 Å². The molecular weight excluding hydrogens is 254 g/mol. The molecule has 20 heavy (non-hydrogen) atoms. The van der Waals surface area contributed by atoms with E-state index in [1.54, 1.807) is 6.07 Å². The van der Waals surface area contributed by atoms with Gasteiger partial charge in [0.05, 0.1) is 0 Å². The van der Waals surface area contributed by atoms with Gasteiger partial charge in [0.1, 0.15) is 11.4 Å². The van der Waals surface area contributed by atoms with Gasteiger partial charge in [0.25, 0.3) is 0 Å². The highest BCUT2D eigenvalue weighted by molar-refractivity contribution is 5.67. The Labute approximate surface area is 120 Å². The topological polar surface area (TPSA) is 58.6 Å². The Kier molecular flexibility index (Phi) is 5.62. The van der Waals surface area contributed by atoms with Crippen LogP contribution in [0, 0.1) is 6.92 Å². The number of carbonyl (C=O) groups is 1. The minimum Gasteiger partial charge on any atom is -0.508 e. The highest BCUT2D eigenvalue weighted by Crippen LogP contribution is 2.17. The number of hydrogen-bond donors (Lipinski definition) is 2. The van der Waals surface area contributed by atoms with Gasteiger partial charge in [0.15, 0.2) is 0 Å². The van der Waals surface area contributed by atoms with Crippen LogP contribution in [0.1, 0.15) is 38.3 Å². The van der Waals surface area contributed by atoms with Gasteiger partial charge in [-0.25, -0.2) is 4.79 Å². The van der Waals surface area contributed by atoms with Crippen molar-refractivity contribution in [3.8, 4) is 5.75 Å². The summed E-state index contributed by atoms with van der Waals surface area (Å²) < 4.78 is 5.13. The fourth-order valence-corrected chi connectivity index (χ4v) is 1.57. The molecule has 0 aliphatic rings. The number of rotatable bonds is 4. The van der Waals surface area contributed by atoms with Crippen molar-refractivity contribution in [1.29, 1.82) is 0 Å². The van der Waals surface area contributed by atoms with E-state index in [-0.39, 0.29) is 0 Å². The zero-order valence-electron chi connectivity index (χ0n) is 12.6. The van der Waals surface area contributed by atoms with Crippen molar-refractivity contribution in [2.75, 3.05) is 6.54 Å². The maximum absolute atomic E-state index is 11.4. The Hall–Kier alpha value is -1.97. The summed E-state index contributed by atoms with van der Waals surface area (Å²) in [6, 6.07) is 5.43. The normalized spacial score (nSPS) is 11.6. The summed E-state index contributed by atoms with van der Waals surface area (Å²) in [5, 5.41) is 12.1. The third kappa shape index (κ3) is 6.27. The second-order valence-corrected chi connectivity index (χ2v) is 5.67. The van der Waals surface area contributed by atoms with Gasteiger partial charge < -0.3 is 15.2 Å². The van der Waals surface area contributed by atoms with Crippen LogP contribution in [0.4, 0.5) is 4.79 Å². The van der Waals surface area contributed by atoms with E-state index in [1.807, 2.05) is 52.0 Å². The van der Waals surface area contributed by atoms with E-state index in [4.69, 9.17) is 4.74 Å². The molecular formula is C16H23NO3. The largest absolute Gasteiger partial charge is 0.508 e. The Morgan fingerprint density at radius 1 is 1.40 bits per heavy atom. The molecule has 0 spiro atoms. The molecule has 2 N–H and O–H groups in total. The van der Waals surface area contributed by atoms with Gasteiger partial charge in [0, 0.05) is 6.54 Å². The molecule has 0 aliphatic heterocycles. The molecule has 0 unspecified atom stereocenters. The molecule has 0 heterocycles. The van der Waals surface area contributed by atoms with E-state index in [0.717, 1.165) is 17.5 Å². The fraction of sp³-hybridized carbons (Fsp3) is 0.438. The first-order valence-corrected chi connectivity index (χ1v) is 6.71. The van der Waals surface area contributed by atoms with Crippen LogP contribution >= 0.6 is 0 Å². The van der Waals surface area contributed by atoms with E-state index in [9.17, 15) is 9.90 Å². The van der Waals surface area contributed by atoms with Gasteiger partial charge in [0.2, 0.25) is 0 Å². The predicted molar refractivity (Wildman–Crippen MR) is 80.7 cm³/mol. The van der Waals surface area contributed by atoms with Gasteiger partial charge >= 0.3 is 6.09 Å². The number of ether oxygens (including phenoxy) is 1. The first-order valence-electron chi connectivity index (χ1n) is 6.71. The number of nitrogens with one attached hydrogen (secondary N) is 1. The van der Waals surface area contributed by atoms with Gasteiger partial charge in [-0.1, -0.05) is 18.2 Å². The molecule has 1 aromatic carbocycles. The van der Waals surface area contributed by atoms with Gasteiger partial charge in [-0.3, -0.25) is 0 Å². The second kappa shape index (κ2) is 6.98. The Bertz CT molecular complexity index is 487. The molecule has 110 valence electrons. The molecule has 0 aromatic heterocycles. The minimum atomic E-state index is -0.469. The van der Waals surface area contributed by atoms with Crippen LogP contribution in [0.25, 0.3) is 6.08 Å². The summed E-state index contributed by atoms with van der Waals surface area (Å²) in [7, 11) is 0. The molecule has 1 amide bonds. The van der Waals surface area contributed by atoms with Crippen LogP contribution in [-0.4, -0.2) is 23.3 Å². The van der Waals surface area contributed by atoms with Crippen molar-refractivity contribution >= 4 is 12.2 Å². The molecule has 0 saturated carbocycles. The standard InChI is InChI=1S/C16H23NO3/c1-12-11-13(8-9-14(12)18)7-5-6-10-17-15(19)20-16(2,3)4/h5,7-9,11,18H,6,10H2,1-4H3,(H,17,19). The molecule has 1 rings (SSSR count). The minimum absolute atomic E-state index is 0.300. The zero-order chi connectivity index (χ0) is 15.2. The molecule has 4 nitrogen and oxygen atoms in total. The molecule has 4 heteroatoms. The summed E-state index contributed by atoms with van der Waals surface area (Å²) >= 11 is 0. The third-order valence-corrected chi connectivity index (χ3v) is 2.51. The van der Waals surface area contributed by atoms with Crippen LogP contribution in [0.3, 0.4) is 0 Å². The number of amides is 1. The van der Waals surface area contributed by atoms with E-state index < -0.39 is 11.7 Å². The highest BCUT2D eigenvalue weighted by Gasteiger charge is 2.15. The quantitative estimate of drug-likeness (QED) is 0.826. The maximum atomic E-state index is 11.4. The van der Waals surface area contributed by atoms with Crippen LogP contribution in [0.5, 0.6) is 5.75 Å². The van der Waals surface area contributed by atoms with E-state index in [2.05, 4.69) is 5.32 Å². The lowest BCUT2D eigenvalue weighted by Gasteiger charge is -2.19. The second-order valence-electron chi connectivity index (χ2n) is 5.67. The van der Waals surface area contributed by atoms with E-state index in [1.165, 1.54) is 0 Å². The smallest absolute Gasteiger partial charge is 0.407 e. The Balaban J connectivity index is 2.32. The van der Waals surface area contributed by atoms with E-state index in [0.29, 0.717) is 12.3 Å². The SMILES string of the molecule is Cc1cc(C=CCCNC(=O)OC(C)(C)C)ccc1O. The van der Waals surface area contributed by atoms with Crippen molar-refractivity contribution in [2.24, 2.45) is 0 Å². The maximum Gasteiger partial charge on any atom is 0.407 e. The summed E-state index contributed by atoms with van der Waals surface area (Å²) in [6.45, 7) is 7.89. The van der Waals surface area contributed by atoms with Crippen molar-refractivity contribution in [3.63, 3.8) is 0 Å². The van der Waals surface area contributed by atoms with Crippen molar-refractivity contribution in [2.45, 2.75) is 39.7 Å². The number of carbonyl (C=O) groups excluding carboxylic acids is 1. The summed E-state index contributed by atoms with van der Waals surface area (Å²) in [6.07, 6.45) is 4.26. The Morgan fingerprint density at radius 3 is 2.70 bits per heavy atom. The first-order chi connectivity index (χ1) is 9.28. The average molecular weight is 277 g/mol. The molecule has 0 fully saturated rings. The van der Waals surface area contributed by atoms with Crippen LogP contribution in [-0.2, 0) is 4.74 Å². The van der Waals surface area contributed by atoms with E-state index >= 15 is 0 Å². The third-order valence-electron chi connectivity index (χ3n) is 2.51. The lowest BCUT2D eigenvalue weighted by Crippen LogP contribution is -2.32. The number of hydrogen-bond acceptors (Lipinski definition) is 3. The van der Waals surface area contributed by atoms with Gasteiger partial charge in [-0.2, -0.15) is 0 Å². The first kappa shape index (κ1) is 16.1. The number of alkyl carbamates (subject to hydrolysis) is 1. The van der Waals surface area contributed by atoms with Crippen molar-refractivity contribution in [1.82, 2.24) is 5.32 Å².